The summed E-state index contributed by atoms with van der Waals surface area (Å²) < 4.78 is 0. The summed E-state index contributed by atoms with van der Waals surface area (Å²) in [5, 5.41) is 3.81. The first-order chi connectivity index (χ1) is 13.7. The van der Waals surface area contributed by atoms with Crippen molar-refractivity contribution >= 4 is 29.3 Å². The molecule has 1 fully saturated rings. The Labute approximate surface area is 177 Å². The number of thioether (sulfide) groups is 1. The lowest BCUT2D eigenvalue weighted by Crippen LogP contribution is -2.26. The maximum absolute atomic E-state index is 12.3. The van der Waals surface area contributed by atoms with E-state index >= 15 is 0 Å². The standard InChI is InChI=1S/C23H29ClN2OS/c24-22-8-4-3-7-21(22)18-28-16-13-25-23(27)20-11-9-19(10-12-20)17-26-14-5-1-2-6-15-26/h3-4,7-12H,1-2,5-6,13-18H2,(H,25,27). The molecular formula is C23H29ClN2OS. The van der Waals surface area contributed by atoms with Crippen LogP contribution in [0.5, 0.6) is 0 Å². The van der Waals surface area contributed by atoms with Gasteiger partial charge in [-0.2, -0.15) is 11.8 Å². The smallest absolute Gasteiger partial charge is 0.251 e. The Kier molecular flexibility index (Phi) is 8.71. The number of carbonyl (C=O) groups is 1. The molecule has 1 heterocycles. The topological polar surface area (TPSA) is 32.3 Å². The van der Waals surface area contributed by atoms with Gasteiger partial charge in [0.1, 0.15) is 0 Å². The number of benzene rings is 2. The van der Waals surface area contributed by atoms with E-state index in [1.165, 1.54) is 44.3 Å². The molecule has 0 bridgehead atoms. The first-order valence-corrected chi connectivity index (χ1v) is 11.7. The molecule has 0 aliphatic carbocycles. The number of hydrogen-bond donors (Lipinski definition) is 1. The quantitative estimate of drug-likeness (QED) is 0.586. The molecule has 1 aliphatic rings. The second kappa shape index (κ2) is 11.5. The first kappa shape index (κ1) is 21.2. The van der Waals surface area contributed by atoms with Gasteiger partial charge in [0.2, 0.25) is 0 Å². The number of likely N-dealkylation sites (tertiary alicyclic amines) is 1. The molecule has 5 heteroatoms. The molecule has 0 saturated carbocycles. The van der Waals surface area contributed by atoms with Gasteiger partial charge in [0.15, 0.2) is 0 Å². The van der Waals surface area contributed by atoms with Crippen LogP contribution in [0.2, 0.25) is 5.02 Å². The Balaban J connectivity index is 1.37. The average molecular weight is 417 g/mol. The number of nitrogens with zero attached hydrogens (tertiary/aromatic N) is 1. The van der Waals surface area contributed by atoms with Gasteiger partial charge in [-0.15, -0.1) is 0 Å². The van der Waals surface area contributed by atoms with Gasteiger partial charge >= 0.3 is 0 Å². The molecule has 2 aromatic carbocycles. The van der Waals surface area contributed by atoms with E-state index in [4.69, 9.17) is 11.6 Å². The zero-order chi connectivity index (χ0) is 19.6. The highest BCUT2D eigenvalue weighted by atomic mass is 35.5. The van der Waals surface area contributed by atoms with E-state index in [0.29, 0.717) is 6.54 Å². The minimum atomic E-state index is -0.000309. The third-order valence-corrected chi connectivity index (χ3v) is 6.45. The van der Waals surface area contributed by atoms with Crippen LogP contribution in [-0.2, 0) is 12.3 Å². The summed E-state index contributed by atoms with van der Waals surface area (Å²) >= 11 is 7.94. The Bertz CT molecular complexity index is 743. The molecule has 1 N–H and O–H groups in total. The monoisotopic (exact) mass is 416 g/mol. The van der Waals surface area contributed by atoms with Crippen LogP contribution in [0.15, 0.2) is 48.5 Å². The van der Waals surface area contributed by atoms with Gasteiger partial charge in [-0.3, -0.25) is 9.69 Å². The predicted octanol–water partition coefficient (Wildman–Crippen LogP) is 5.38. The van der Waals surface area contributed by atoms with E-state index in [-0.39, 0.29) is 5.91 Å². The second-order valence-corrected chi connectivity index (χ2v) is 8.80. The molecule has 0 spiro atoms. The largest absolute Gasteiger partial charge is 0.351 e. The highest BCUT2D eigenvalue weighted by Gasteiger charge is 2.10. The van der Waals surface area contributed by atoms with Crippen molar-refractivity contribution in [2.75, 3.05) is 25.4 Å². The van der Waals surface area contributed by atoms with E-state index < -0.39 is 0 Å². The lowest BCUT2D eigenvalue weighted by atomic mass is 10.1. The van der Waals surface area contributed by atoms with Crippen molar-refractivity contribution in [3.8, 4) is 0 Å². The summed E-state index contributed by atoms with van der Waals surface area (Å²) in [5.74, 6) is 1.73. The average Bonchev–Trinajstić information content (AvgIpc) is 2.98. The van der Waals surface area contributed by atoms with E-state index in [9.17, 15) is 4.79 Å². The fraction of sp³-hybridized carbons (Fsp3) is 0.435. The van der Waals surface area contributed by atoms with Crippen molar-refractivity contribution in [3.05, 3.63) is 70.2 Å². The van der Waals surface area contributed by atoms with E-state index in [1.807, 2.05) is 36.4 Å². The molecule has 0 radical (unpaired) electrons. The van der Waals surface area contributed by atoms with Crippen molar-refractivity contribution in [1.82, 2.24) is 10.2 Å². The van der Waals surface area contributed by atoms with Crippen LogP contribution in [0, 0.1) is 0 Å². The van der Waals surface area contributed by atoms with Crippen molar-refractivity contribution < 1.29 is 4.79 Å². The van der Waals surface area contributed by atoms with Crippen molar-refractivity contribution in [2.24, 2.45) is 0 Å². The van der Waals surface area contributed by atoms with Crippen LogP contribution >= 0.6 is 23.4 Å². The lowest BCUT2D eigenvalue weighted by Gasteiger charge is -2.19. The van der Waals surface area contributed by atoms with Crippen molar-refractivity contribution in [2.45, 2.75) is 38.0 Å². The fourth-order valence-corrected chi connectivity index (χ4v) is 4.59. The molecule has 2 aromatic rings. The summed E-state index contributed by atoms with van der Waals surface area (Å²) in [7, 11) is 0. The summed E-state index contributed by atoms with van der Waals surface area (Å²) in [6.45, 7) is 4.02. The third-order valence-electron chi connectivity index (χ3n) is 5.07. The molecule has 1 amide bonds. The summed E-state index contributed by atoms with van der Waals surface area (Å²) in [6, 6.07) is 16.0. The number of amides is 1. The van der Waals surface area contributed by atoms with Crippen molar-refractivity contribution in [1.29, 1.82) is 0 Å². The lowest BCUT2D eigenvalue weighted by molar-refractivity contribution is 0.0956. The fourth-order valence-electron chi connectivity index (χ4n) is 3.45. The Morgan fingerprint density at radius 3 is 2.43 bits per heavy atom. The first-order valence-electron chi connectivity index (χ1n) is 10.1. The van der Waals surface area contributed by atoms with Gasteiger partial charge in [0.25, 0.3) is 5.91 Å². The summed E-state index contributed by atoms with van der Waals surface area (Å²) in [4.78, 5) is 14.9. The van der Waals surface area contributed by atoms with Crippen LogP contribution in [0.25, 0.3) is 0 Å². The predicted molar refractivity (Wildman–Crippen MR) is 120 cm³/mol. The number of hydrogen-bond acceptors (Lipinski definition) is 3. The molecule has 3 nitrogen and oxygen atoms in total. The summed E-state index contributed by atoms with van der Waals surface area (Å²) in [6.07, 6.45) is 5.31. The normalized spacial score (nSPS) is 15.2. The summed E-state index contributed by atoms with van der Waals surface area (Å²) in [5.41, 5.74) is 3.16. The zero-order valence-corrected chi connectivity index (χ0v) is 17.9. The number of rotatable bonds is 8. The molecular weight excluding hydrogens is 388 g/mol. The molecule has 1 aliphatic heterocycles. The molecule has 0 unspecified atom stereocenters. The Morgan fingerprint density at radius 1 is 1.00 bits per heavy atom. The molecule has 28 heavy (non-hydrogen) atoms. The zero-order valence-electron chi connectivity index (χ0n) is 16.3. The van der Waals surface area contributed by atoms with Crippen LogP contribution in [0.4, 0.5) is 0 Å². The van der Waals surface area contributed by atoms with Crippen LogP contribution < -0.4 is 5.32 Å². The van der Waals surface area contributed by atoms with Gasteiger partial charge < -0.3 is 5.32 Å². The molecule has 3 rings (SSSR count). The SMILES string of the molecule is O=C(NCCSCc1ccccc1Cl)c1ccc(CN2CCCCCC2)cc1. The highest BCUT2D eigenvalue weighted by Crippen LogP contribution is 2.20. The molecule has 0 aromatic heterocycles. The highest BCUT2D eigenvalue weighted by molar-refractivity contribution is 7.98. The molecule has 0 atom stereocenters. The van der Waals surface area contributed by atoms with Gasteiger partial charge in [-0.25, -0.2) is 0 Å². The maximum Gasteiger partial charge on any atom is 0.251 e. The number of carbonyl (C=O) groups excluding carboxylic acids is 1. The van der Waals surface area contributed by atoms with Crippen LogP contribution in [-0.4, -0.2) is 36.2 Å². The van der Waals surface area contributed by atoms with Crippen LogP contribution in [0.3, 0.4) is 0 Å². The van der Waals surface area contributed by atoms with Crippen LogP contribution in [0.1, 0.15) is 47.2 Å². The van der Waals surface area contributed by atoms with Gasteiger partial charge in [-0.1, -0.05) is 54.8 Å². The van der Waals surface area contributed by atoms with Gasteiger partial charge in [0, 0.05) is 35.2 Å². The van der Waals surface area contributed by atoms with E-state index in [0.717, 1.165) is 34.2 Å². The maximum atomic E-state index is 12.3. The van der Waals surface area contributed by atoms with E-state index in [1.54, 1.807) is 11.8 Å². The third kappa shape index (κ3) is 6.84. The van der Waals surface area contributed by atoms with E-state index in [2.05, 4.69) is 22.3 Å². The van der Waals surface area contributed by atoms with Gasteiger partial charge in [-0.05, 0) is 55.3 Å². The Hall–Kier alpha value is -1.49. The molecule has 1 saturated heterocycles. The minimum Gasteiger partial charge on any atom is -0.351 e. The minimum absolute atomic E-state index is 0.000309. The number of nitrogens with one attached hydrogen (secondary N) is 1. The Morgan fingerprint density at radius 2 is 1.71 bits per heavy atom. The molecule has 150 valence electrons. The van der Waals surface area contributed by atoms with Crippen molar-refractivity contribution in [3.63, 3.8) is 0 Å². The van der Waals surface area contributed by atoms with Gasteiger partial charge in [0.05, 0.1) is 0 Å². The number of halogens is 1. The second-order valence-electron chi connectivity index (χ2n) is 7.29.